The zero-order valence-corrected chi connectivity index (χ0v) is 11.9. The lowest BCUT2D eigenvalue weighted by molar-refractivity contribution is 0.0950. The summed E-state index contributed by atoms with van der Waals surface area (Å²) in [6.07, 6.45) is 6.81. The highest BCUT2D eigenvalue weighted by atomic mass is 79.9. The van der Waals surface area contributed by atoms with E-state index in [-0.39, 0.29) is 5.91 Å². The second-order valence-corrected chi connectivity index (χ2v) is 5.56. The molecule has 1 unspecified atom stereocenters. The molecule has 4 nitrogen and oxygen atoms in total. The lowest BCUT2D eigenvalue weighted by atomic mass is 9.96. The summed E-state index contributed by atoms with van der Waals surface area (Å²) in [5, 5.41) is 6.33. The van der Waals surface area contributed by atoms with Gasteiger partial charge in [-0.1, -0.05) is 0 Å². The third-order valence-corrected chi connectivity index (χ3v) is 3.64. The van der Waals surface area contributed by atoms with E-state index in [0.717, 1.165) is 30.5 Å². The molecular weight excluding hydrogens is 294 g/mol. The van der Waals surface area contributed by atoms with Crippen LogP contribution in [0.2, 0.25) is 0 Å². The molecule has 0 bridgehead atoms. The quantitative estimate of drug-likeness (QED) is 0.894. The second kappa shape index (κ2) is 6.85. The summed E-state index contributed by atoms with van der Waals surface area (Å²) in [7, 11) is 0. The van der Waals surface area contributed by atoms with Gasteiger partial charge in [-0.3, -0.25) is 9.78 Å². The van der Waals surface area contributed by atoms with Crippen molar-refractivity contribution >= 4 is 21.8 Å². The SMILES string of the molecule is O=C(NCCC1CCCNC1)c1cncc(Br)c1. The Bertz CT molecular complexity index is 405. The summed E-state index contributed by atoms with van der Waals surface area (Å²) in [5.74, 6) is 0.646. The normalized spacial score (nSPS) is 19.5. The zero-order valence-electron chi connectivity index (χ0n) is 10.3. The van der Waals surface area contributed by atoms with E-state index in [2.05, 4.69) is 31.5 Å². The van der Waals surface area contributed by atoms with Crippen molar-refractivity contribution in [3.05, 3.63) is 28.5 Å². The minimum absolute atomic E-state index is 0.0485. The first-order chi connectivity index (χ1) is 8.75. The van der Waals surface area contributed by atoms with Gasteiger partial charge in [0.05, 0.1) is 5.56 Å². The number of hydrogen-bond donors (Lipinski definition) is 2. The monoisotopic (exact) mass is 311 g/mol. The van der Waals surface area contributed by atoms with Crippen molar-refractivity contribution in [1.82, 2.24) is 15.6 Å². The summed E-state index contributed by atoms with van der Waals surface area (Å²) >= 11 is 3.31. The fraction of sp³-hybridized carbons (Fsp3) is 0.538. The van der Waals surface area contributed by atoms with Gasteiger partial charge in [-0.2, -0.15) is 0 Å². The number of piperidine rings is 1. The number of aromatic nitrogens is 1. The number of amides is 1. The van der Waals surface area contributed by atoms with Gasteiger partial charge in [0, 0.05) is 23.4 Å². The van der Waals surface area contributed by atoms with Gasteiger partial charge in [-0.05, 0) is 60.3 Å². The standard InChI is InChI=1S/C13H18BrN3O/c14-12-6-11(8-16-9-12)13(18)17-5-3-10-2-1-4-15-7-10/h6,8-10,15H,1-5,7H2,(H,17,18). The van der Waals surface area contributed by atoms with E-state index in [9.17, 15) is 4.79 Å². The zero-order chi connectivity index (χ0) is 12.8. The molecular formula is C13H18BrN3O. The van der Waals surface area contributed by atoms with Gasteiger partial charge < -0.3 is 10.6 Å². The first-order valence-corrected chi connectivity index (χ1v) is 7.14. The first kappa shape index (κ1) is 13.5. The molecule has 1 aromatic rings. The van der Waals surface area contributed by atoms with Crippen molar-refractivity contribution < 1.29 is 4.79 Å². The topological polar surface area (TPSA) is 54.0 Å². The number of nitrogens with zero attached hydrogens (tertiary/aromatic N) is 1. The van der Waals surface area contributed by atoms with Gasteiger partial charge in [-0.25, -0.2) is 0 Å². The van der Waals surface area contributed by atoms with E-state index in [1.165, 1.54) is 12.8 Å². The minimum Gasteiger partial charge on any atom is -0.352 e. The van der Waals surface area contributed by atoms with Crippen molar-refractivity contribution in [3.63, 3.8) is 0 Å². The Hall–Kier alpha value is -0.940. The Kier molecular flexibility index (Phi) is 5.13. The molecule has 1 fully saturated rings. The van der Waals surface area contributed by atoms with Gasteiger partial charge in [0.1, 0.15) is 0 Å². The highest BCUT2D eigenvalue weighted by molar-refractivity contribution is 9.10. The Labute approximate surface area is 116 Å². The molecule has 1 aromatic heterocycles. The molecule has 0 aliphatic carbocycles. The smallest absolute Gasteiger partial charge is 0.252 e. The number of nitrogens with one attached hydrogen (secondary N) is 2. The van der Waals surface area contributed by atoms with Gasteiger partial charge in [0.25, 0.3) is 5.91 Å². The van der Waals surface area contributed by atoms with Crippen molar-refractivity contribution in [2.45, 2.75) is 19.3 Å². The molecule has 18 heavy (non-hydrogen) atoms. The fourth-order valence-corrected chi connectivity index (χ4v) is 2.56. The van der Waals surface area contributed by atoms with Crippen LogP contribution in [0, 0.1) is 5.92 Å². The van der Waals surface area contributed by atoms with Crippen LogP contribution in [0.25, 0.3) is 0 Å². The van der Waals surface area contributed by atoms with Gasteiger partial charge >= 0.3 is 0 Å². The maximum absolute atomic E-state index is 11.9. The molecule has 2 rings (SSSR count). The largest absolute Gasteiger partial charge is 0.352 e. The molecule has 1 saturated heterocycles. The third kappa shape index (κ3) is 4.07. The number of carbonyl (C=O) groups is 1. The van der Waals surface area contributed by atoms with Crippen LogP contribution in [0.3, 0.4) is 0 Å². The van der Waals surface area contributed by atoms with Crippen molar-refractivity contribution in [2.24, 2.45) is 5.92 Å². The average molecular weight is 312 g/mol. The molecule has 0 aromatic carbocycles. The van der Waals surface area contributed by atoms with Crippen molar-refractivity contribution in [3.8, 4) is 0 Å². The van der Waals surface area contributed by atoms with Crippen LogP contribution >= 0.6 is 15.9 Å². The molecule has 2 N–H and O–H groups in total. The van der Waals surface area contributed by atoms with Crippen LogP contribution in [-0.2, 0) is 0 Å². The number of pyridine rings is 1. The number of hydrogen-bond acceptors (Lipinski definition) is 3. The first-order valence-electron chi connectivity index (χ1n) is 6.35. The van der Waals surface area contributed by atoms with Crippen LogP contribution in [0.15, 0.2) is 22.9 Å². The summed E-state index contributed by atoms with van der Waals surface area (Å²) in [6.45, 7) is 2.94. The molecule has 98 valence electrons. The molecule has 5 heteroatoms. The molecule has 0 radical (unpaired) electrons. The molecule has 1 amide bonds. The average Bonchev–Trinajstić information content (AvgIpc) is 2.40. The van der Waals surface area contributed by atoms with Crippen LogP contribution in [0.1, 0.15) is 29.6 Å². The van der Waals surface area contributed by atoms with Crippen LogP contribution in [0.4, 0.5) is 0 Å². The van der Waals surface area contributed by atoms with E-state index in [4.69, 9.17) is 0 Å². The summed E-state index contributed by atoms with van der Waals surface area (Å²) in [6, 6.07) is 1.78. The molecule has 1 aliphatic heterocycles. The van der Waals surface area contributed by atoms with Gasteiger partial charge in [0.2, 0.25) is 0 Å². The summed E-state index contributed by atoms with van der Waals surface area (Å²) < 4.78 is 0.826. The highest BCUT2D eigenvalue weighted by Crippen LogP contribution is 2.13. The van der Waals surface area contributed by atoms with Crippen molar-refractivity contribution in [1.29, 1.82) is 0 Å². The lowest BCUT2D eigenvalue weighted by Gasteiger charge is -2.22. The molecule has 1 aliphatic rings. The third-order valence-electron chi connectivity index (χ3n) is 3.20. The Balaban J connectivity index is 1.74. The van der Waals surface area contributed by atoms with Crippen LogP contribution in [0.5, 0.6) is 0 Å². The van der Waals surface area contributed by atoms with Crippen LogP contribution < -0.4 is 10.6 Å². The maximum atomic E-state index is 11.9. The highest BCUT2D eigenvalue weighted by Gasteiger charge is 2.13. The maximum Gasteiger partial charge on any atom is 0.252 e. The lowest BCUT2D eigenvalue weighted by Crippen LogP contribution is -2.33. The van der Waals surface area contributed by atoms with E-state index >= 15 is 0 Å². The van der Waals surface area contributed by atoms with Crippen LogP contribution in [-0.4, -0.2) is 30.5 Å². The molecule has 1 atom stereocenters. The van der Waals surface area contributed by atoms with E-state index in [1.807, 2.05) is 0 Å². The fourth-order valence-electron chi connectivity index (χ4n) is 2.20. The Morgan fingerprint density at radius 2 is 2.44 bits per heavy atom. The van der Waals surface area contributed by atoms with E-state index in [0.29, 0.717) is 11.5 Å². The Morgan fingerprint density at radius 3 is 3.17 bits per heavy atom. The van der Waals surface area contributed by atoms with Gasteiger partial charge in [-0.15, -0.1) is 0 Å². The predicted octanol–water partition coefficient (Wildman–Crippen LogP) is 1.96. The minimum atomic E-state index is -0.0485. The molecule has 2 heterocycles. The number of rotatable bonds is 4. The Morgan fingerprint density at radius 1 is 1.56 bits per heavy atom. The number of carbonyl (C=O) groups excluding carboxylic acids is 1. The van der Waals surface area contributed by atoms with Gasteiger partial charge in [0.15, 0.2) is 0 Å². The molecule has 0 saturated carbocycles. The second-order valence-electron chi connectivity index (χ2n) is 4.65. The van der Waals surface area contributed by atoms with Crippen molar-refractivity contribution in [2.75, 3.05) is 19.6 Å². The number of halogens is 1. The summed E-state index contributed by atoms with van der Waals surface area (Å²) in [5.41, 5.74) is 0.603. The van der Waals surface area contributed by atoms with E-state index < -0.39 is 0 Å². The summed E-state index contributed by atoms with van der Waals surface area (Å²) in [4.78, 5) is 15.8. The van der Waals surface area contributed by atoms with E-state index in [1.54, 1.807) is 18.5 Å². The molecule has 0 spiro atoms. The predicted molar refractivity (Wildman–Crippen MR) is 74.5 cm³/mol.